The highest BCUT2D eigenvalue weighted by molar-refractivity contribution is 6.30. The van der Waals surface area contributed by atoms with Gasteiger partial charge in [0.25, 0.3) is 0 Å². The lowest BCUT2D eigenvalue weighted by Gasteiger charge is -2.16. The van der Waals surface area contributed by atoms with Crippen LogP contribution in [-0.4, -0.2) is 13.1 Å². The number of likely N-dealkylation sites (N-methyl/N-ethyl adjacent to an activating group) is 1. The number of hydrogen-bond donors (Lipinski definition) is 1. The summed E-state index contributed by atoms with van der Waals surface area (Å²) >= 11 is 5.85. The van der Waals surface area contributed by atoms with Gasteiger partial charge < -0.3 is 5.32 Å². The van der Waals surface area contributed by atoms with E-state index in [0.29, 0.717) is 17.0 Å². The van der Waals surface area contributed by atoms with E-state index in [-0.39, 0.29) is 6.04 Å². The Bertz CT molecular complexity index is 549. The molecular formula is C16H16ClF2N. The van der Waals surface area contributed by atoms with E-state index in [1.54, 1.807) is 0 Å². The molecule has 0 amide bonds. The average molecular weight is 296 g/mol. The first-order chi connectivity index (χ1) is 9.56. The molecule has 0 spiro atoms. The Morgan fingerprint density at radius 3 is 2.05 bits per heavy atom. The van der Waals surface area contributed by atoms with Crippen molar-refractivity contribution >= 4 is 11.6 Å². The molecule has 0 fully saturated rings. The summed E-state index contributed by atoms with van der Waals surface area (Å²) in [6.45, 7) is 0. The minimum absolute atomic E-state index is 0.109. The standard InChI is InChI=1S/C16H16ClF2N/c1-20-16(8-11-2-4-13(17)5-3-11)9-12-6-14(18)10-15(19)7-12/h2-7,10,16,20H,8-9H2,1H3. The van der Waals surface area contributed by atoms with Crippen molar-refractivity contribution in [1.29, 1.82) is 0 Å². The Balaban J connectivity index is 2.06. The molecule has 1 nitrogen and oxygen atoms in total. The van der Waals surface area contributed by atoms with Crippen molar-refractivity contribution in [3.63, 3.8) is 0 Å². The largest absolute Gasteiger partial charge is 0.316 e. The lowest BCUT2D eigenvalue weighted by molar-refractivity contribution is 0.543. The fraction of sp³-hybridized carbons (Fsp3) is 0.250. The van der Waals surface area contributed by atoms with Gasteiger partial charge in [-0.25, -0.2) is 8.78 Å². The summed E-state index contributed by atoms with van der Waals surface area (Å²) in [5.74, 6) is -1.08. The van der Waals surface area contributed by atoms with E-state index in [9.17, 15) is 8.78 Å². The lowest BCUT2D eigenvalue weighted by atomic mass is 9.99. The van der Waals surface area contributed by atoms with Crippen molar-refractivity contribution < 1.29 is 8.78 Å². The van der Waals surface area contributed by atoms with Gasteiger partial charge in [0.05, 0.1) is 0 Å². The van der Waals surface area contributed by atoms with Gasteiger partial charge in [-0.15, -0.1) is 0 Å². The van der Waals surface area contributed by atoms with Crippen LogP contribution in [0.3, 0.4) is 0 Å². The highest BCUT2D eigenvalue weighted by atomic mass is 35.5. The zero-order valence-electron chi connectivity index (χ0n) is 11.2. The fourth-order valence-electron chi connectivity index (χ4n) is 2.19. The predicted octanol–water partition coefficient (Wildman–Crippen LogP) is 3.99. The minimum Gasteiger partial charge on any atom is -0.316 e. The minimum atomic E-state index is -0.540. The van der Waals surface area contributed by atoms with Gasteiger partial charge in [0.1, 0.15) is 11.6 Å². The first-order valence-corrected chi connectivity index (χ1v) is 6.81. The zero-order chi connectivity index (χ0) is 14.5. The normalized spacial score (nSPS) is 12.4. The number of hydrogen-bond acceptors (Lipinski definition) is 1. The van der Waals surface area contributed by atoms with E-state index in [2.05, 4.69) is 5.32 Å². The molecular weight excluding hydrogens is 280 g/mol. The van der Waals surface area contributed by atoms with Crippen molar-refractivity contribution in [2.45, 2.75) is 18.9 Å². The van der Waals surface area contributed by atoms with E-state index in [1.807, 2.05) is 31.3 Å². The maximum Gasteiger partial charge on any atom is 0.126 e. The van der Waals surface area contributed by atoms with Crippen molar-refractivity contribution in [3.05, 3.63) is 70.2 Å². The molecule has 106 valence electrons. The van der Waals surface area contributed by atoms with Crippen molar-refractivity contribution in [2.24, 2.45) is 0 Å². The third-order valence-corrected chi connectivity index (χ3v) is 3.46. The van der Waals surface area contributed by atoms with Crippen LogP contribution in [0.25, 0.3) is 0 Å². The molecule has 1 atom stereocenters. The third-order valence-electron chi connectivity index (χ3n) is 3.21. The Kier molecular flexibility index (Phi) is 5.10. The summed E-state index contributed by atoms with van der Waals surface area (Å²) in [5, 5.41) is 3.87. The van der Waals surface area contributed by atoms with Crippen molar-refractivity contribution in [3.8, 4) is 0 Å². The Hall–Kier alpha value is -1.45. The third kappa shape index (κ3) is 4.29. The van der Waals surface area contributed by atoms with Gasteiger partial charge in [0.2, 0.25) is 0 Å². The van der Waals surface area contributed by atoms with E-state index < -0.39 is 11.6 Å². The second-order valence-electron chi connectivity index (χ2n) is 4.80. The molecule has 2 rings (SSSR count). The smallest absolute Gasteiger partial charge is 0.126 e. The molecule has 1 unspecified atom stereocenters. The maximum absolute atomic E-state index is 13.2. The number of benzene rings is 2. The predicted molar refractivity (Wildman–Crippen MR) is 78.1 cm³/mol. The van der Waals surface area contributed by atoms with Crippen LogP contribution in [0, 0.1) is 11.6 Å². The lowest BCUT2D eigenvalue weighted by Crippen LogP contribution is -2.30. The zero-order valence-corrected chi connectivity index (χ0v) is 11.9. The SMILES string of the molecule is CNC(Cc1ccc(Cl)cc1)Cc1cc(F)cc(F)c1. The summed E-state index contributed by atoms with van der Waals surface area (Å²) in [5.41, 5.74) is 1.78. The van der Waals surface area contributed by atoms with Crippen LogP contribution < -0.4 is 5.32 Å². The molecule has 1 N–H and O–H groups in total. The van der Waals surface area contributed by atoms with Crippen molar-refractivity contribution in [1.82, 2.24) is 5.32 Å². The molecule has 4 heteroatoms. The molecule has 0 bridgehead atoms. The van der Waals surface area contributed by atoms with Crippen LogP contribution in [0.5, 0.6) is 0 Å². The van der Waals surface area contributed by atoms with Gasteiger partial charge in [-0.3, -0.25) is 0 Å². The highest BCUT2D eigenvalue weighted by Crippen LogP contribution is 2.14. The molecule has 0 aliphatic rings. The fourth-order valence-corrected chi connectivity index (χ4v) is 2.32. The van der Waals surface area contributed by atoms with Gasteiger partial charge in [0, 0.05) is 17.1 Å². The molecule has 0 radical (unpaired) electrons. The second-order valence-corrected chi connectivity index (χ2v) is 5.23. The number of halogens is 3. The van der Waals surface area contributed by atoms with Crippen LogP contribution in [-0.2, 0) is 12.8 Å². The maximum atomic E-state index is 13.2. The molecule has 0 aliphatic heterocycles. The molecule has 0 aliphatic carbocycles. The molecule has 0 saturated carbocycles. The average Bonchev–Trinajstić information content (AvgIpc) is 2.39. The first kappa shape index (κ1) is 14.9. The Labute approximate surface area is 122 Å². The molecule has 2 aromatic rings. The molecule has 2 aromatic carbocycles. The second kappa shape index (κ2) is 6.82. The van der Waals surface area contributed by atoms with Crippen molar-refractivity contribution in [2.75, 3.05) is 7.05 Å². The van der Waals surface area contributed by atoms with Gasteiger partial charge in [-0.2, -0.15) is 0 Å². The van der Waals surface area contributed by atoms with Crippen LogP contribution >= 0.6 is 11.6 Å². The van der Waals surface area contributed by atoms with Gasteiger partial charge in [-0.05, 0) is 55.3 Å². The summed E-state index contributed by atoms with van der Waals surface area (Å²) in [7, 11) is 1.84. The molecule has 20 heavy (non-hydrogen) atoms. The van der Waals surface area contributed by atoms with Crippen LogP contribution in [0.2, 0.25) is 5.02 Å². The summed E-state index contributed by atoms with van der Waals surface area (Å²) in [4.78, 5) is 0. The Morgan fingerprint density at radius 1 is 0.950 bits per heavy atom. The summed E-state index contributed by atoms with van der Waals surface area (Å²) in [6, 6.07) is 11.3. The van der Waals surface area contributed by atoms with E-state index in [1.165, 1.54) is 12.1 Å². The topological polar surface area (TPSA) is 12.0 Å². The highest BCUT2D eigenvalue weighted by Gasteiger charge is 2.10. The van der Waals surface area contributed by atoms with E-state index in [4.69, 9.17) is 11.6 Å². The quantitative estimate of drug-likeness (QED) is 0.879. The molecule has 0 saturated heterocycles. The van der Waals surface area contributed by atoms with E-state index >= 15 is 0 Å². The monoisotopic (exact) mass is 295 g/mol. The van der Waals surface area contributed by atoms with Gasteiger partial charge >= 0.3 is 0 Å². The molecule has 0 aromatic heterocycles. The van der Waals surface area contributed by atoms with Gasteiger partial charge in [0.15, 0.2) is 0 Å². The first-order valence-electron chi connectivity index (χ1n) is 6.43. The van der Waals surface area contributed by atoms with Crippen LogP contribution in [0.4, 0.5) is 8.78 Å². The number of nitrogens with one attached hydrogen (secondary N) is 1. The summed E-state index contributed by atoms with van der Waals surface area (Å²) < 4.78 is 26.4. The molecule has 0 heterocycles. The summed E-state index contributed by atoms with van der Waals surface area (Å²) in [6.07, 6.45) is 1.33. The van der Waals surface area contributed by atoms with Gasteiger partial charge in [-0.1, -0.05) is 23.7 Å². The number of rotatable bonds is 5. The van der Waals surface area contributed by atoms with E-state index in [0.717, 1.165) is 18.1 Å². The van der Waals surface area contributed by atoms with Crippen LogP contribution in [0.1, 0.15) is 11.1 Å². The Morgan fingerprint density at radius 2 is 1.50 bits per heavy atom. The van der Waals surface area contributed by atoms with Crippen LogP contribution in [0.15, 0.2) is 42.5 Å².